The van der Waals surface area contributed by atoms with E-state index in [1.165, 1.54) is 6.07 Å². The third kappa shape index (κ3) is 5.43. The Kier molecular flexibility index (Phi) is 7.02. The van der Waals surface area contributed by atoms with Crippen molar-refractivity contribution in [1.29, 1.82) is 0 Å². The summed E-state index contributed by atoms with van der Waals surface area (Å²) >= 11 is 0. The SMILES string of the molecule is CCN1CCN(C(=O)COc2ccc(S(=O)(=O)NC(C)C)cc2C)CC1. The van der Waals surface area contributed by atoms with Gasteiger partial charge in [0.25, 0.3) is 5.91 Å². The van der Waals surface area contributed by atoms with E-state index in [1.807, 2.05) is 4.90 Å². The van der Waals surface area contributed by atoms with Crippen LogP contribution in [0, 0.1) is 6.92 Å². The summed E-state index contributed by atoms with van der Waals surface area (Å²) in [5, 5.41) is 0. The van der Waals surface area contributed by atoms with Crippen molar-refractivity contribution in [2.75, 3.05) is 39.3 Å². The Balaban J connectivity index is 1.95. The van der Waals surface area contributed by atoms with Crippen LogP contribution in [0.15, 0.2) is 23.1 Å². The molecule has 146 valence electrons. The number of sulfonamides is 1. The van der Waals surface area contributed by atoms with E-state index in [2.05, 4.69) is 16.5 Å². The van der Waals surface area contributed by atoms with E-state index < -0.39 is 10.0 Å². The van der Waals surface area contributed by atoms with Crippen molar-refractivity contribution in [2.45, 2.75) is 38.6 Å². The van der Waals surface area contributed by atoms with Gasteiger partial charge in [0.2, 0.25) is 10.0 Å². The first-order chi connectivity index (χ1) is 12.2. The highest BCUT2D eigenvalue weighted by molar-refractivity contribution is 7.89. The fourth-order valence-electron chi connectivity index (χ4n) is 2.87. The summed E-state index contributed by atoms with van der Waals surface area (Å²) in [6, 6.07) is 4.48. The van der Waals surface area contributed by atoms with Gasteiger partial charge in [-0.25, -0.2) is 13.1 Å². The lowest BCUT2D eigenvalue weighted by Gasteiger charge is -2.34. The van der Waals surface area contributed by atoms with Gasteiger partial charge in [-0.3, -0.25) is 4.79 Å². The van der Waals surface area contributed by atoms with Crippen molar-refractivity contribution in [3.63, 3.8) is 0 Å². The van der Waals surface area contributed by atoms with E-state index >= 15 is 0 Å². The minimum Gasteiger partial charge on any atom is -0.483 e. The van der Waals surface area contributed by atoms with Gasteiger partial charge in [-0.1, -0.05) is 6.92 Å². The first-order valence-corrected chi connectivity index (χ1v) is 10.5. The molecule has 0 bridgehead atoms. The van der Waals surface area contributed by atoms with E-state index in [0.29, 0.717) is 24.4 Å². The molecule has 1 fully saturated rings. The Morgan fingerprint density at radius 1 is 1.23 bits per heavy atom. The minimum absolute atomic E-state index is 0.0384. The number of benzene rings is 1. The number of amides is 1. The first kappa shape index (κ1) is 20.7. The van der Waals surface area contributed by atoms with Gasteiger partial charge in [0.1, 0.15) is 5.75 Å². The summed E-state index contributed by atoms with van der Waals surface area (Å²) in [6.45, 7) is 11.6. The number of rotatable bonds is 7. The summed E-state index contributed by atoms with van der Waals surface area (Å²) in [6.07, 6.45) is 0. The molecule has 0 atom stereocenters. The number of carbonyl (C=O) groups is 1. The first-order valence-electron chi connectivity index (χ1n) is 8.99. The third-order valence-corrected chi connectivity index (χ3v) is 6.03. The van der Waals surface area contributed by atoms with Crippen LogP contribution < -0.4 is 9.46 Å². The molecule has 26 heavy (non-hydrogen) atoms. The molecule has 1 aliphatic heterocycles. The summed E-state index contributed by atoms with van der Waals surface area (Å²) in [7, 11) is -3.54. The molecule has 0 spiro atoms. The van der Waals surface area contributed by atoms with Crippen molar-refractivity contribution >= 4 is 15.9 Å². The molecule has 1 aliphatic rings. The van der Waals surface area contributed by atoms with Crippen LogP contribution >= 0.6 is 0 Å². The van der Waals surface area contributed by atoms with Gasteiger partial charge in [0.15, 0.2) is 6.61 Å². The molecule has 0 aliphatic carbocycles. The Bertz CT molecular complexity index is 726. The fraction of sp³-hybridized carbons (Fsp3) is 0.611. The summed E-state index contributed by atoms with van der Waals surface area (Å²) < 4.78 is 32.6. The molecule has 1 aromatic carbocycles. The molecule has 1 saturated heterocycles. The monoisotopic (exact) mass is 383 g/mol. The lowest BCUT2D eigenvalue weighted by atomic mass is 10.2. The number of nitrogens with one attached hydrogen (secondary N) is 1. The molecule has 0 unspecified atom stereocenters. The molecule has 2 rings (SSSR count). The zero-order valence-electron chi connectivity index (χ0n) is 16.0. The molecule has 1 heterocycles. The molecule has 0 saturated carbocycles. The second-order valence-electron chi connectivity index (χ2n) is 6.81. The van der Waals surface area contributed by atoms with Gasteiger partial charge < -0.3 is 14.5 Å². The lowest BCUT2D eigenvalue weighted by molar-refractivity contribution is -0.135. The highest BCUT2D eigenvalue weighted by atomic mass is 32.2. The third-order valence-electron chi connectivity index (χ3n) is 4.37. The van der Waals surface area contributed by atoms with Crippen molar-refractivity contribution in [1.82, 2.24) is 14.5 Å². The van der Waals surface area contributed by atoms with Crippen molar-refractivity contribution in [2.24, 2.45) is 0 Å². The van der Waals surface area contributed by atoms with E-state index in [0.717, 1.165) is 19.6 Å². The van der Waals surface area contributed by atoms with Gasteiger partial charge in [0.05, 0.1) is 4.90 Å². The van der Waals surface area contributed by atoms with Crippen LogP contribution in [0.25, 0.3) is 0 Å². The molecule has 0 aromatic heterocycles. The lowest BCUT2D eigenvalue weighted by Crippen LogP contribution is -2.49. The normalized spacial score (nSPS) is 16.1. The molecule has 8 heteroatoms. The van der Waals surface area contributed by atoms with Crippen molar-refractivity contribution in [3.8, 4) is 5.75 Å². The number of likely N-dealkylation sites (N-methyl/N-ethyl adjacent to an activating group) is 1. The van der Waals surface area contributed by atoms with E-state index in [-0.39, 0.29) is 23.5 Å². The van der Waals surface area contributed by atoms with Gasteiger partial charge >= 0.3 is 0 Å². The molecular weight excluding hydrogens is 354 g/mol. The number of hydrogen-bond acceptors (Lipinski definition) is 5. The van der Waals surface area contributed by atoms with E-state index in [4.69, 9.17) is 4.74 Å². The number of aryl methyl sites for hydroxylation is 1. The Morgan fingerprint density at radius 2 is 1.88 bits per heavy atom. The molecule has 1 N–H and O–H groups in total. The van der Waals surface area contributed by atoms with Crippen LogP contribution in [0.3, 0.4) is 0 Å². The number of hydrogen-bond donors (Lipinski definition) is 1. The highest BCUT2D eigenvalue weighted by Gasteiger charge is 2.21. The largest absolute Gasteiger partial charge is 0.483 e. The molecule has 0 radical (unpaired) electrons. The topological polar surface area (TPSA) is 79.0 Å². The van der Waals surface area contributed by atoms with Crippen LogP contribution in [-0.4, -0.2) is 69.5 Å². The van der Waals surface area contributed by atoms with Gasteiger partial charge in [-0.15, -0.1) is 0 Å². The van der Waals surface area contributed by atoms with Gasteiger partial charge in [0, 0.05) is 32.2 Å². The van der Waals surface area contributed by atoms with Crippen LogP contribution in [0.4, 0.5) is 0 Å². The molecule has 1 amide bonds. The Hall–Kier alpha value is -1.64. The zero-order valence-corrected chi connectivity index (χ0v) is 16.8. The number of nitrogens with zero attached hydrogens (tertiary/aromatic N) is 2. The highest BCUT2D eigenvalue weighted by Crippen LogP contribution is 2.22. The number of carbonyl (C=O) groups excluding carboxylic acids is 1. The van der Waals surface area contributed by atoms with Crippen LogP contribution in [0.5, 0.6) is 5.75 Å². The summed E-state index contributed by atoms with van der Waals surface area (Å²) in [5.74, 6) is 0.479. The average molecular weight is 384 g/mol. The molecular formula is C18H29N3O4S. The Morgan fingerprint density at radius 3 is 2.42 bits per heavy atom. The van der Waals surface area contributed by atoms with Crippen molar-refractivity contribution in [3.05, 3.63) is 23.8 Å². The molecule has 1 aromatic rings. The minimum atomic E-state index is -3.54. The fourth-order valence-corrected chi connectivity index (χ4v) is 4.21. The maximum Gasteiger partial charge on any atom is 0.260 e. The average Bonchev–Trinajstić information content (AvgIpc) is 2.59. The number of piperazine rings is 1. The van der Waals surface area contributed by atoms with E-state index in [9.17, 15) is 13.2 Å². The second kappa shape index (κ2) is 8.83. The summed E-state index contributed by atoms with van der Waals surface area (Å²) in [5.41, 5.74) is 0.681. The summed E-state index contributed by atoms with van der Waals surface area (Å²) in [4.78, 5) is 16.6. The maximum atomic E-state index is 12.3. The van der Waals surface area contributed by atoms with Crippen molar-refractivity contribution < 1.29 is 17.9 Å². The van der Waals surface area contributed by atoms with Gasteiger partial charge in [-0.2, -0.15) is 0 Å². The van der Waals surface area contributed by atoms with Gasteiger partial charge in [-0.05, 0) is 51.1 Å². The quantitative estimate of drug-likeness (QED) is 0.766. The number of ether oxygens (including phenoxy) is 1. The van der Waals surface area contributed by atoms with E-state index in [1.54, 1.807) is 32.9 Å². The predicted octanol–water partition coefficient (Wildman–Crippen LogP) is 1.22. The standard InChI is InChI=1S/C18H29N3O4S/c1-5-20-8-10-21(11-9-20)18(22)13-25-17-7-6-16(12-15(17)4)26(23,24)19-14(2)3/h6-7,12,14,19H,5,8-11,13H2,1-4H3. The Labute approximate surface area is 156 Å². The smallest absolute Gasteiger partial charge is 0.260 e. The zero-order chi connectivity index (χ0) is 19.3. The van der Waals surface area contributed by atoms with Crippen LogP contribution in [-0.2, 0) is 14.8 Å². The van der Waals surface area contributed by atoms with Crippen LogP contribution in [0.2, 0.25) is 0 Å². The second-order valence-corrected chi connectivity index (χ2v) is 8.52. The predicted molar refractivity (Wildman–Crippen MR) is 101 cm³/mol. The molecule has 7 nitrogen and oxygen atoms in total. The maximum absolute atomic E-state index is 12.3. The van der Waals surface area contributed by atoms with Crippen LogP contribution in [0.1, 0.15) is 26.3 Å².